The number of hydrogen-bond acceptors (Lipinski definition) is 3. The predicted molar refractivity (Wildman–Crippen MR) is 39.9 cm³/mol. The summed E-state index contributed by atoms with van der Waals surface area (Å²) in [5, 5.41) is 0. The van der Waals surface area contributed by atoms with Crippen molar-refractivity contribution in [2.45, 2.75) is 25.2 Å². The van der Waals surface area contributed by atoms with E-state index in [0.29, 0.717) is 0 Å². The van der Waals surface area contributed by atoms with Crippen LogP contribution in [0.15, 0.2) is 0 Å². The van der Waals surface area contributed by atoms with Crippen LogP contribution in [0.2, 0.25) is 0 Å². The quantitative estimate of drug-likeness (QED) is 0.642. The molecule has 0 aliphatic rings. The van der Waals surface area contributed by atoms with Crippen molar-refractivity contribution in [2.75, 3.05) is 13.7 Å². The van der Waals surface area contributed by atoms with Crippen molar-refractivity contribution < 1.29 is 18.3 Å². The van der Waals surface area contributed by atoms with Crippen molar-refractivity contribution >= 4 is 5.97 Å². The minimum Gasteiger partial charge on any atom is -0.469 e. The van der Waals surface area contributed by atoms with Crippen molar-refractivity contribution in [1.29, 1.82) is 0 Å². The second-order valence-corrected chi connectivity index (χ2v) is 2.47. The Hall–Kier alpha value is -0.710. The number of carbonyl (C=O) groups is 1. The van der Waals surface area contributed by atoms with E-state index >= 15 is 0 Å². The van der Waals surface area contributed by atoms with Crippen LogP contribution < -0.4 is 5.73 Å². The van der Waals surface area contributed by atoms with Crippen LogP contribution in [-0.2, 0) is 9.53 Å². The van der Waals surface area contributed by atoms with E-state index in [0.717, 1.165) is 0 Å². The first-order chi connectivity index (χ1) is 5.52. The van der Waals surface area contributed by atoms with E-state index in [9.17, 15) is 13.6 Å². The first-order valence-corrected chi connectivity index (χ1v) is 3.66. The lowest BCUT2D eigenvalue weighted by atomic mass is 10.1. The minimum absolute atomic E-state index is 0.0752. The molecular weight excluding hydrogens is 168 g/mol. The summed E-state index contributed by atoms with van der Waals surface area (Å²) in [6.07, 6.45) is -1.13. The summed E-state index contributed by atoms with van der Waals surface area (Å²) in [5.74, 6) is -3.46. The maximum Gasteiger partial charge on any atom is 0.305 e. The molecule has 0 aromatic carbocycles. The molecule has 72 valence electrons. The molecule has 3 nitrogen and oxygen atoms in total. The molecule has 0 radical (unpaired) electrons. The van der Waals surface area contributed by atoms with E-state index in [1.165, 1.54) is 7.11 Å². The Morgan fingerprint density at radius 1 is 1.50 bits per heavy atom. The van der Waals surface area contributed by atoms with Crippen LogP contribution in [0, 0.1) is 0 Å². The molecule has 0 heterocycles. The number of esters is 1. The first kappa shape index (κ1) is 11.3. The molecule has 0 aromatic heterocycles. The van der Waals surface area contributed by atoms with Gasteiger partial charge in [0, 0.05) is 12.8 Å². The zero-order valence-corrected chi connectivity index (χ0v) is 6.98. The van der Waals surface area contributed by atoms with Gasteiger partial charge in [0.25, 0.3) is 0 Å². The summed E-state index contributed by atoms with van der Waals surface area (Å²) in [4.78, 5) is 10.5. The Bertz CT molecular complexity index is 150. The third-order valence-electron chi connectivity index (χ3n) is 1.43. The van der Waals surface area contributed by atoms with Gasteiger partial charge in [-0.3, -0.25) is 4.79 Å². The molecule has 12 heavy (non-hydrogen) atoms. The summed E-state index contributed by atoms with van der Waals surface area (Å²) in [7, 11) is 1.17. The maximum atomic E-state index is 12.6. The topological polar surface area (TPSA) is 52.3 Å². The highest BCUT2D eigenvalue weighted by Crippen LogP contribution is 2.23. The van der Waals surface area contributed by atoms with E-state index < -0.39 is 18.3 Å². The minimum atomic E-state index is -2.84. The van der Waals surface area contributed by atoms with Gasteiger partial charge in [-0.15, -0.1) is 0 Å². The Morgan fingerprint density at radius 3 is 2.50 bits per heavy atom. The SMILES string of the molecule is COC(=O)CCC(F)(F)CCN. The smallest absolute Gasteiger partial charge is 0.305 e. The van der Waals surface area contributed by atoms with Gasteiger partial charge in [0.15, 0.2) is 0 Å². The van der Waals surface area contributed by atoms with Crippen LogP contribution in [0.3, 0.4) is 0 Å². The summed E-state index contributed by atoms with van der Waals surface area (Å²) in [6, 6.07) is 0. The zero-order valence-electron chi connectivity index (χ0n) is 6.98. The molecule has 0 bridgehead atoms. The van der Waals surface area contributed by atoms with Gasteiger partial charge in [-0.2, -0.15) is 0 Å². The molecule has 0 rings (SSSR count). The summed E-state index contributed by atoms with van der Waals surface area (Å²) < 4.78 is 29.5. The van der Waals surface area contributed by atoms with Gasteiger partial charge in [0.2, 0.25) is 5.92 Å². The Morgan fingerprint density at radius 2 is 2.08 bits per heavy atom. The average molecular weight is 181 g/mol. The molecule has 0 saturated carbocycles. The van der Waals surface area contributed by atoms with Gasteiger partial charge < -0.3 is 10.5 Å². The summed E-state index contributed by atoms with van der Waals surface area (Å²) in [5.41, 5.74) is 4.96. The zero-order chi connectivity index (χ0) is 9.61. The van der Waals surface area contributed by atoms with Crippen molar-refractivity contribution in [1.82, 2.24) is 0 Å². The first-order valence-electron chi connectivity index (χ1n) is 3.66. The second kappa shape index (κ2) is 5.03. The molecule has 0 aliphatic heterocycles. The molecule has 0 aromatic rings. The lowest BCUT2D eigenvalue weighted by molar-refractivity contribution is -0.142. The van der Waals surface area contributed by atoms with Gasteiger partial charge in [0.05, 0.1) is 13.5 Å². The number of hydrogen-bond donors (Lipinski definition) is 1. The normalized spacial score (nSPS) is 11.3. The van der Waals surface area contributed by atoms with Gasteiger partial charge in [-0.05, 0) is 6.54 Å². The second-order valence-electron chi connectivity index (χ2n) is 2.47. The van der Waals surface area contributed by atoms with Crippen molar-refractivity contribution in [2.24, 2.45) is 5.73 Å². The van der Waals surface area contributed by atoms with E-state index in [1.807, 2.05) is 0 Å². The number of halogens is 2. The van der Waals surface area contributed by atoms with Crippen molar-refractivity contribution in [3.63, 3.8) is 0 Å². The highest BCUT2D eigenvalue weighted by molar-refractivity contribution is 5.69. The van der Waals surface area contributed by atoms with Crippen LogP contribution in [0.4, 0.5) is 8.78 Å². The number of nitrogens with two attached hydrogens (primary N) is 1. The summed E-state index contributed by atoms with van der Waals surface area (Å²) >= 11 is 0. The van der Waals surface area contributed by atoms with E-state index in [-0.39, 0.29) is 19.4 Å². The molecule has 0 fully saturated rings. The lowest BCUT2D eigenvalue weighted by Crippen LogP contribution is -2.22. The maximum absolute atomic E-state index is 12.6. The van der Waals surface area contributed by atoms with Gasteiger partial charge in [0.1, 0.15) is 0 Å². The molecule has 0 spiro atoms. The number of rotatable bonds is 5. The molecule has 0 unspecified atom stereocenters. The van der Waals surface area contributed by atoms with Crippen LogP contribution in [0.25, 0.3) is 0 Å². The highest BCUT2D eigenvalue weighted by atomic mass is 19.3. The fourth-order valence-corrected chi connectivity index (χ4v) is 0.723. The molecule has 0 aliphatic carbocycles. The van der Waals surface area contributed by atoms with E-state index in [1.54, 1.807) is 0 Å². The van der Waals surface area contributed by atoms with Crippen molar-refractivity contribution in [3.05, 3.63) is 0 Å². The Balaban J connectivity index is 3.67. The van der Waals surface area contributed by atoms with Crippen LogP contribution in [0.5, 0.6) is 0 Å². The molecular formula is C7H13F2NO2. The van der Waals surface area contributed by atoms with E-state index in [2.05, 4.69) is 4.74 Å². The molecule has 0 atom stereocenters. The van der Waals surface area contributed by atoms with E-state index in [4.69, 9.17) is 5.73 Å². The highest BCUT2D eigenvalue weighted by Gasteiger charge is 2.28. The van der Waals surface area contributed by atoms with Crippen LogP contribution >= 0.6 is 0 Å². The van der Waals surface area contributed by atoms with Crippen molar-refractivity contribution in [3.8, 4) is 0 Å². The monoisotopic (exact) mass is 181 g/mol. The van der Waals surface area contributed by atoms with Crippen LogP contribution in [-0.4, -0.2) is 25.5 Å². The van der Waals surface area contributed by atoms with Gasteiger partial charge in [-0.25, -0.2) is 8.78 Å². The third-order valence-corrected chi connectivity index (χ3v) is 1.43. The average Bonchev–Trinajstić information content (AvgIpc) is 2.00. The Kier molecular flexibility index (Phi) is 4.73. The fraction of sp³-hybridized carbons (Fsp3) is 0.857. The Labute approximate surface area is 69.9 Å². The third kappa shape index (κ3) is 5.01. The lowest BCUT2D eigenvalue weighted by Gasteiger charge is -2.13. The summed E-state index contributed by atoms with van der Waals surface area (Å²) in [6.45, 7) is -0.0752. The number of carbonyl (C=O) groups excluding carboxylic acids is 1. The van der Waals surface area contributed by atoms with Gasteiger partial charge >= 0.3 is 5.97 Å². The number of ether oxygens (including phenoxy) is 1. The molecule has 0 saturated heterocycles. The van der Waals surface area contributed by atoms with Crippen LogP contribution in [0.1, 0.15) is 19.3 Å². The number of methoxy groups -OCH3 is 1. The standard InChI is InChI=1S/C7H13F2NO2/c1-12-6(11)2-3-7(8,9)4-5-10/h2-5,10H2,1H3. The molecule has 2 N–H and O–H groups in total. The molecule has 0 amide bonds. The predicted octanol–water partition coefficient (Wildman–Crippen LogP) is 0.924. The number of alkyl halides is 2. The molecule has 5 heteroatoms. The fourth-order valence-electron chi connectivity index (χ4n) is 0.723. The largest absolute Gasteiger partial charge is 0.469 e. The van der Waals surface area contributed by atoms with Gasteiger partial charge in [-0.1, -0.05) is 0 Å².